The van der Waals surface area contributed by atoms with Gasteiger partial charge >= 0.3 is 0 Å². The summed E-state index contributed by atoms with van der Waals surface area (Å²) in [6.45, 7) is 14.8. The lowest BCUT2D eigenvalue weighted by Gasteiger charge is -2.35. The van der Waals surface area contributed by atoms with E-state index in [0.29, 0.717) is 56.8 Å². The first-order chi connectivity index (χ1) is 21.1. The first kappa shape index (κ1) is 32.1. The fraction of sp³-hybridized carbons (Fsp3) is 0.545. The Morgan fingerprint density at radius 2 is 1.81 bits per heavy atom. The molecule has 43 heavy (non-hydrogen) atoms. The molecule has 1 amide bonds. The summed E-state index contributed by atoms with van der Waals surface area (Å²) in [6.07, 6.45) is 15.2. The maximum absolute atomic E-state index is 13.9. The number of hydrogen-bond acceptors (Lipinski definition) is 8. The molecule has 0 bridgehead atoms. The molecule has 0 spiro atoms. The summed E-state index contributed by atoms with van der Waals surface area (Å²) < 4.78 is 5.58. The van der Waals surface area contributed by atoms with E-state index in [0.717, 1.165) is 60.1 Å². The molecule has 0 aromatic carbocycles. The quantitative estimate of drug-likeness (QED) is 0.584. The number of aromatic amines is 1. The molecule has 10 nitrogen and oxygen atoms in total. The molecule has 232 valence electrons. The van der Waals surface area contributed by atoms with Crippen molar-refractivity contribution in [2.45, 2.75) is 72.8 Å². The van der Waals surface area contributed by atoms with Gasteiger partial charge in [-0.05, 0) is 44.8 Å². The van der Waals surface area contributed by atoms with E-state index in [1.165, 1.54) is 0 Å². The summed E-state index contributed by atoms with van der Waals surface area (Å²) in [4.78, 5) is 43.3. The predicted octanol–water partition coefficient (Wildman–Crippen LogP) is 2.77. The Morgan fingerprint density at radius 1 is 1.02 bits per heavy atom. The largest absolute Gasteiger partial charge is 0.381 e. The SMILES string of the molecule is CC.CC.CC1=NC(N2CCCN(C(=O)C3=CCC=c4[nH]c(=O)c5c(c4=C3)N(C3CCOCC3)N=CC5)CC2)=CCN=C1. The number of amides is 1. The van der Waals surface area contributed by atoms with Crippen LogP contribution in [0.4, 0.5) is 5.69 Å². The highest BCUT2D eigenvalue weighted by atomic mass is 16.5. The van der Waals surface area contributed by atoms with Gasteiger partial charge < -0.3 is 19.5 Å². The van der Waals surface area contributed by atoms with Crippen molar-refractivity contribution in [3.05, 3.63) is 50.0 Å². The number of fused-ring (bicyclic) bond motifs is 3. The molecule has 10 heteroatoms. The summed E-state index contributed by atoms with van der Waals surface area (Å²) in [6, 6.07) is 0.159. The number of rotatable bonds is 3. The van der Waals surface area contributed by atoms with E-state index in [1.54, 1.807) is 6.21 Å². The van der Waals surface area contributed by atoms with Crippen LogP contribution >= 0.6 is 0 Å². The van der Waals surface area contributed by atoms with Gasteiger partial charge in [-0.15, -0.1) is 0 Å². The third kappa shape index (κ3) is 7.41. The van der Waals surface area contributed by atoms with Gasteiger partial charge in [0.25, 0.3) is 11.5 Å². The monoisotopic (exact) mass is 589 g/mol. The van der Waals surface area contributed by atoms with Gasteiger partial charge in [-0.25, -0.2) is 4.99 Å². The molecule has 5 heterocycles. The Hall–Kier alpha value is -3.79. The molecule has 1 N–H and O–H groups in total. The Labute approximate surface area is 254 Å². The van der Waals surface area contributed by atoms with Crippen molar-refractivity contribution < 1.29 is 9.53 Å². The van der Waals surface area contributed by atoms with Crippen molar-refractivity contribution in [2.24, 2.45) is 15.1 Å². The smallest absolute Gasteiger partial charge is 0.254 e. The fourth-order valence-electron chi connectivity index (χ4n) is 5.88. The Kier molecular flexibility index (Phi) is 11.7. The van der Waals surface area contributed by atoms with Crippen molar-refractivity contribution in [1.29, 1.82) is 0 Å². The number of hydrazone groups is 1. The van der Waals surface area contributed by atoms with Gasteiger partial charge in [-0.3, -0.25) is 19.6 Å². The van der Waals surface area contributed by atoms with Crippen LogP contribution in [0.15, 0.2) is 43.4 Å². The van der Waals surface area contributed by atoms with Gasteiger partial charge in [0, 0.05) is 79.9 Å². The number of nitrogens with zero attached hydrogens (tertiary/aromatic N) is 6. The third-order valence-corrected chi connectivity index (χ3v) is 7.88. The topological polar surface area (TPSA) is 106 Å². The van der Waals surface area contributed by atoms with E-state index >= 15 is 0 Å². The minimum atomic E-state index is -0.0879. The van der Waals surface area contributed by atoms with Gasteiger partial charge in [0.2, 0.25) is 0 Å². The molecule has 0 atom stereocenters. The number of anilines is 1. The Morgan fingerprint density at radius 3 is 2.60 bits per heavy atom. The molecule has 0 unspecified atom stereocenters. The number of aromatic nitrogens is 1. The highest BCUT2D eigenvalue weighted by Crippen LogP contribution is 2.25. The van der Waals surface area contributed by atoms with Crippen LogP contribution in [0.5, 0.6) is 0 Å². The summed E-state index contributed by atoms with van der Waals surface area (Å²) in [5, 5.41) is 8.36. The Balaban J connectivity index is 0.00000102. The zero-order valence-corrected chi connectivity index (χ0v) is 26.4. The van der Waals surface area contributed by atoms with E-state index in [9.17, 15) is 9.59 Å². The first-order valence-corrected chi connectivity index (χ1v) is 15.9. The molecule has 4 aliphatic heterocycles. The molecule has 1 aromatic rings. The number of nitrogens with one attached hydrogen (secondary N) is 1. The second-order valence-electron chi connectivity index (χ2n) is 10.5. The lowest BCUT2D eigenvalue weighted by atomic mass is 10.0. The van der Waals surface area contributed by atoms with Gasteiger partial charge in [-0.1, -0.05) is 39.8 Å². The van der Waals surface area contributed by atoms with Crippen LogP contribution in [0.3, 0.4) is 0 Å². The lowest BCUT2D eigenvalue weighted by molar-refractivity contribution is -0.126. The highest BCUT2D eigenvalue weighted by Gasteiger charge is 2.29. The molecule has 2 saturated heterocycles. The number of ether oxygens (including phenoxy) is 1. The van der Waals surface area contributed by atoms with Crippen LogP contribution in [0, 0.1) is 0 Å². The lowest BCUT2D eigenvalue weighted by Crippen LogP contribution is -2.47. The zero-order valence-electron chi connectivity index (χ0n) is 26.4. The van der Waals surface area contributed by atoms with E-state index in [4.69, 9.17) is 14.8 Å². The standard InChI is InChI=1S/C29H35N7O3.2C2H6/c1-20-19-30-10-7-26(32-20)34-12-3-13-35(15-14-34)29(38)21-4-2-5-25-24(18-21)27-23(28(37)33-25)6-11-31-36(27)22-8-16-39-17-9-22;2*1-2/h4-5,7,11,18-19,22H,2-3,6,8-10,12-17H2,1H3,(H,33,37);2*1-2H3. The van der Waals surface area contributed by atoms with E-state index in [1.807, 2.05) is 69.0 Å². The van der Waals surface area contributed by atoms with Gasteiger partial charge in [-0.2, -0.15) is 5.10 Å². The summed E-state index contributed by atoms with van der Waals surface area (Å²) in [5.74, 6) is 0.959. The van der Waals surface area contributed by atoms with Crippen molar-refractivity contribution in [2.75, 3.05) is 50.9 Å². The highest BCUT2D eigenvalue weighted by molar-refractivity contribution is 6.29. The van der Waals surface area contributed by atoms with Crippen LogP contribution < -0.4 is 21.1 Å². The summed E-state index contributed by atoms with van der Waals surface area (Å²) in [7, 11) is 0. The fourth-order valence-corrected chi connectivity index (χ4v) is 5.88. The minimum Gasteiger partial charge on any atom is -0.381 e. The number of aliphatic imine (C=N–C) groups is 2. The van der Waals surface area contributed by atoms with Crippen LogP contribution in [0.1, 0.15) is 65.9 Å². The molecule has 1 aliphatic carbocycles. The number of H-pyrrole nitrogens is 1. The van der Waals surface area contributed by atoms with Crippen LogP contribution in [0.2, 0.25) is 0 Å². The molecule has 6 rings (SSSR count). The first-order valence-electron chi connectivity index (χ1n) is 15.9. The van der Waals surface area contributed by atoms with E-state index in [-0.39, 0.29) is 17.5 Å². The average molecular weight is 590 g/mol. The molecule has 5 aliphatic rings. The molecular formula is C33H47N7O3. The third-order valence-electron chi connectivity index (χ3n) is 7.88. The van der Waals surface area contributed by atoms with Crippen LogP contribution in [-0.2, 0) is 16.0 Å². The second-order valence-corrected chi connectivity index (χ2v) is 10.5. The van der Waals surface area contributed by atoms with Crippen molar-refractivity contribution in [3.63, 3.8) is 0 Å². The van der Waals surface area contributed by atoms with Crippen molar-refractivity contribution >= 4 is 41.9 Å². The predicted molar refractivity (Wildman–Crippen MR) is 176 cm³/mol. The van der Waals surface area contributed by atoms with Crippen LogP contribution in [-0.4, -0.2) is 90.8 Å². The molecule has 0 radical (unpaired) electrons. The maximum Gasteiger partial charge on any atom is 0.254 e. The molecule has 1 aromatic heterocycles. The number of pyridine rings is 1. The number of carbonyl (C=O) groups excluding carboxylic acids is 1. The summed E-state index contributed by atoms with van der Waals surface area (Å²) in [5.41, 5.74) is 3.00. The van der Waals surface area contributed by atoms with E-state index < -0.39 is 0 Å². The number of allylic oxidation sites excluding steroid dienone is 1. The minimum absolute atomic E-state index is 0.0211. The summed E-state index contributed by atoms with van der Waals surface area (Å²) >= 11 is 0. The van der Waals surface area contributed by atoms with Crippen molar-refractivity contribution in [3.8, 4) is 0 Å². The number of carbonyl (C=O) groups is 1. The van der Waals surface area contributed by atoms with Crippen LogP contribution in [0.25, 0.3) is 12.2 Å². The molecule has 0 saturated carbocycles. The average Bonchev–Trinajstić information content (AvgIpc) is 3.53. The maximum atomic E-state index is 13.9. The van der Waals surface area contributed by atoms with Gasteiger partial charge in [0.15, 0.2) is 0 Å². The normalized spacial score (nSPS) is 20.0. The van der Waals surface area contributed by atoms with Gasteiger partial charge in [0.1, 0.15) is 5.82 Å². The second kappa shape index (κ2) is 15.6. The molecular weight excluding hydrogens is 542 g/mol. The molecule has 2 fully saturated rings. The van der Waals surface area contributed by atoms with Crippen molar-refractivity contribution in [1.82, 2.24) is 14.8 Å². The van der Waals surface area contributed by atoms with E-state index in [2.05, 4.69) is 21.0 Å². The Bertz CT molecular complexity index is 1480. The van der Waals surface area contributed by atoms with Gasteiger partial charge in [0.05, 0.1) is 24.0 Å². The zero-order chi connectivity index (χ0) is 30.8. The number of hydrogen-bond donors (Lipinski definition) is 1.